The van der Waals surface area contributed by atoms with Crippen molar-refractivity contribution in [2.45, 2.75) is 51.7 Å². The zero-order valence-corrected chi connectivity index (χ0v) is 13.3. The van der Waals surface area contributed by atoms with Crippen molar-refractivity contribution in [2.75, 3.05) is 13.1 Å². The van der Waals surface area contributed by atoms with E-state index < -0.39 is 0 Å². The van der Waals surface area contributed by atoms with E-state index in [1.165, 1.54) is 6.07 Å². The molecule has 0 radical (unpaired) electrons. The Balaban J connectivity index is 2.16. The fraction of sp³-hybridized carbons (Fsp3) is 0.625. The van der Waals surface area contributed by atoms with Crippen LogP contribution in [0.5, 0.6) is 0 Å². The van der Waals surface area contributed by atoms with Gasteiger partial charge in [0, 0.05) is 41.8 Å². The molecule has 1 aliphatic heterocycles. The molecule has 0 bridgehead atoms. The minimum atomic E-state index is -0.168. The van der Waals surface area contributed by atoms with Gasteiger partial charge in [-0.25, -0.2) is 4.39 Å². The van der Waals surface area contributed by atoms with Crippen LogP contribution >= 0.6 is 11.6 Å². The minimum Gasteiger partial charge on any atom is -0.308 e. The lowest BCUT2D eigenvalue weighted by Gasteiger charge is -2.46. The first-order chi connectivity index (χ1) is 9.49. The Bertz CT molecular complexity index is 460. The summed E-state index contributed by atoms with van der Waals surface area (Å²) in [5.74, 6) is -0.168. The van der Waals surface area contributed by atoms with Crippen LogP contribution in [0.2, 0.25) is 5.02 Å². The number of rotatable bonds is 4. The zero-order chi connectivity index (χ0) is 14.8. The molecule has 1 atom stereocenters. The number of benzene rings is 1. The zero-order valence-electron chi connectivity index (χ0n) is 12.5. The molecule has 0 saturated carbocycles. The molecule has 1 N–H and O–H groups in total. The molecule has 4 heteroatoms. The van der Waals surface area contributed by atoms with E-state index >= 15 is 0 Å². The van der Waals surface area contributed by atoms with Crippen LogP contribution in [0.1, 0.15) is 39.2 Å². The SMILES string of the molecule is CCC1(CC)CN(Cc2cc(Cl)ccc2F)C(C)CN1. The Morgan fingerprint density at radius 1 is 1.40 bits per heavy atom. The van der Waals surface area contributed by atoms with Gasteiger partial charge in [-0.3, -0.25) is 4.90 Å². The fourth-order valence-electron chi connectivity index (χ4n) is 2.91. The lowest BCUT2D eigenvalue weighted by Crippen LogP contribution is -2.62. The normalized spacial score (nSPS) is 22.9. The Hall–Kier alpha value is -0.640. The summed E-state index contributed by atoms with van der Waals surface area (Å²) in [6, 6.07) is 5.20. The van der Waals surface area contributed by atoms with Gasteiger partial charge in [-0.15, -0.1) is 0 Å². The van der Waals surface area contributed by atoms with E-state index in [0.717, 1.165) is 25.9 Å². The van der Waals surface area contributed by atoms with Gasteiger partial charge in [-0.2, -0.15) is 0 Å². The van der Waals surface area contributed by atoms with Crippen LogP contribution in [0.15, 0.2) is 18.2 Å². The largest absolute Gasteiger partial charge is 0.308 e. The second-order valence-corrected chi connectivity index (χ2v) is 6.29. The molecule has 2 nitrogen and oxygen atoms in total. The first-order valence-electron chi connectivity index (χ1n) is 7.42. The summed E-state index contributed by atoms with van der Waals surface area (Å²) in [6.07, 6.45) is 2.18. The second kappa shape index (κ2) is 6.42. The predicted octanol–water partition coefficient (Wildman–Crippen LogP) is 3.83. The lowest BCUT2D eigenvalue weighted by atomic mass is 9.88. The fourth-order valence-corrected chi connectivity index (χ4v) is 3.11. The van der Waals surface area contributed by atoms with Crippen LogP contribution in [0.4, 0.5) is 4.39 Å². The summed E-state index contributed by atoms with van der Waals surface area (Å²) >= 11 is 5.98. The molecule has 20 heavy (non-hydrogen) atoms. The molecule has 0 aliphatic carbocycles. The minimum absolute atomic E-state index is 0.154. The highest BCUT2D eigenvalue weighted by atomic mass is 35.5. The number of piperazine rings is 1. The lowest BCUT2D eigenvalue weighted by molar-refractivity contribution is 0.0737. The van der Waals surface area contributed by atoms with Crippen molar-refractivity contribution in [1.82, 2.24) is 10.2 Å². The van der Waals surface area contributed by atoms with E-state index in [-0.39, 0.29) is 11.4 Å². The van der Waals surface area contributed by atoms with Gasteiger partial charge in [0.05, 0.1) is 0 Å². The molecule has 2 rings (SSSR count). The molecular formula is C16H24ClFN2. The van der Waals surface area contributed by atoms with Crippen molar-refractivity contribution in [1.29, 1.82) is 0 Å². The van der Waals surface area contributed by atoms with Crippen molar-refractivity contribution in [2.24, 2.45) is 0 Å². The van der Waals surface area contributed by atoms with Crippen LogP contribution < -0.4 is 5.32 Å². The van der Waals surface area contributed by atoms with Crippen molar-refractivity contribution in [3.8, 4) is 0 Å². The van der Waals surface area contributed by atoms with Gasteiger partial charge in [-0.1, -0.05) is 25.4 Å². The van der Waals surface area contributed by atoms with Gasteiger partial charge in [-0.05, 0) is 38.0 Å². The summed E-state index contributed by atoms with van der Waals surface area (Å²) < 4.78 is 13.9. The molecule has 1 heterocycles. The van der Waals surface area contributed by atoms with Gasteiger partial charge in [0.25, 0.3) is 0 Å². The van der Waals surface area contributed by atoms with Crippen molar-refractivity contribution in [3.63, 3.8) is 0 Å². The standard InChI is InChI=1S/C16H24ClFN2/c1-4-16(5-2)11-20(12(3)9-19-16)10-13-8-14(17)6-7-15(13)18/h6-8,12,19H,4-5,9-11H2,1-3H3. The summed E-state index contributed by atoms with van der Waals surface area (Å²) in [6.45, 7) is 9.13. The van der Waals surface area contributed by atoms with E-state index in [1.54, 1.807) is 12.1 Å². The molecule has 1 fully saturated rings. The van der Waals surface area contributed by atoms with E-state index in [1.807, 2.05) is 0 Å². The Morgan fingerprint density at radius 3 is 2.75 bits per heavy atom. The molecule has 0 amide bonds. The Kier molecular flexibility index (Phi) is 5.05. The average molecular weight is 299 g/mol. The average Bonchev–Trinajstić information content (AvgIpc) is 2.45. The Morgan fingerprint density at radius 2 is 2.10 bits per heavy atom. The third-order valence-electron chi connectivity index (χ3n) is 4.64. The first kappa shape index (κ1) is 15.7. The van der Waals surface area contributed by atoms with E-state index in [9.17, 15) is 4.39 Å². The maximum Gasteiger partial charge on any atom is 0.127 e. The molecule has 1 aromatic carbocycles. The summed E-state index contributed by atoms with van der Waals surface area (Å²) in [4.78, 5) is 2.36. The monoisotopic (exact) mass is 298 g/mol. The van der Waals surface area contributed by atoms with Crippen LogP contribution in [-0.4, -0.2) is 29.6 Å². The number of hydrogen-bond acceptors (Lipinski definition) is 2. The quantitative estimate of drug-likeness (QED) is 0.909. The van der Waals surface area contributed by atoms with Gasteiger partial charge in [0.1, 0.15) is 5.82 Å². The van der Waals surface area contributed by atoms with E-state index in [0.29, 0.717) is 23.2 Å². The third kappa shape index (κ3) is 3.33. The van der Waals surface area contributed by atoms with Gasteiger partial charge in [0.2, 0.25) is 0 Å². The van der Waals surface area contributed by atoms with Gasteiger partial charge in [0.15, 0.2) is 0 Å². The van der Waals surface area contributed by atoms with Crippen LogP contribution in [0.25, 0.3) is 0 Å². The smallest absolute Gasteiger partial charge is 0.127 e. The topological polar surface area (TPSA) is 15.3 Å². The van der Waals surface area contributed by atoms with E-state index in [4.69, 9.17) is 11.6 Å². The second-order valence-electron chi connectivity index (χ2n) is 5.86. The van der Waals surface area contributed by atoms with Crippen molar-refractivity contribution < 1.29 is 4.39 Å². The van der Waals surface area contributed by atoms with Crippen molar-refractivity contribution >= 4 is 11.6 Å². The molecule has 1 aliphatic rings. The van der Waals surface area contributed by atoms with Crippen LogP contribution in [-0.2, 0) is 6.54 Å². The number of halogens is 2. The number of nitrogens with zero attached hydrogens (tertiary/aromatic N) is 1. The van der Waals surface area contributed by atoms with Crippen LogP contribution in [0, 0.1) is 5.82 Å². The Labute approximate surface area is 126 Å². The maximum atomic E-state index is 13.9. The first-order valence-corrected chi connectivity index (χ1v) is 7.80. The summed E-state index contributed by atoms with van der Waals surface area (Å²) in [7, 11) is 0. The molecule has 0 spiro atoms. The maximum absolute atomic E-state index is 13.9. The van der Waals surface area contributed by atoms with E-state index in [2.05, 4.69) is 31.0 Å². The van der Waals surface area contributed by atoms with Gasteiger partial charge < -0.3 is 5.32 Å². The summed E-state index contributed by atoms with van der Waals surface area (Å²) in [5.41, 5.74) is 0.842. The highest BCUT2D eigenvalue weighted by Crippen LogP contribution is 2.25. The van der Waals surface area contributed by atoms with Gasteiger partial charge >= 0.3 is 0 Å². The molecule has 1 aromatic rings. The highest BCUT2D eigenvalue weighted by molar-refractivity contribution is 6.30. The molecule has 0 aromatic heterocycles. The molecule has 112 valence electrons. The highest BCUT2D eigenvalue weighted by Gasteiger charge is 2.35. The van der Waals surface area contributed by atoms with Crippen LogP contribution in [0.3, 0.4) is 0 Å². The third-order valence-corrected chi connectivity index (χ3v) is 4.87. The van der Waals surface area contributed by atoms with Crippen molar-refractivity contribution in [3.05, 3.63) is 34.6 Å². The number of nitrogens with one attached hydrogen (secondary N) is 1. The molecular weight excluding hydrogens is 275 g/mol. The molecule has 1 saturated heterocycles. The summed E-state index contributed by atoms with van der Waals surface area (Å²) in [5, 5.41) is 4.26. The molecule has 1 unspecified atom stereocenters. The number of hydrogen-bond donors (Lipinski definition) is 1. The predicted molar refractivity (Wildman–Crippen MR) is 82.6 cm³/mol.